The largest absolute Gasteiger partial charge is 0.370 e. The third-order valence-corrected chi connectivity index (χ3v) is 4.42. The lowest BCUT2D eigenvalue weighted by molar-refractivity contribution is -0.114. The van der Waals surface area contributed by atoms with E-state index in [1.807, 2.05) is 36.1 Å². The van der Waals surface area contributed by atoms with E-state index in [4.69, 9.17) is 4.74 Å². The van der Waals surface area contributed by atoms with E-state index in [0.717, 1.165) is 43.9 Å². The van der Waals surface area contributed by atoms with Gasteiger partial charge in [0.2, 0.25) is 5.91 Å². The molecule has 0 bridgehead atoms. The Morgan fingerprint density at radius 1 is 1.40 bits per heavy atom. The van der Waals surface area contributed by atoms with E-state index in [9.17, 15) is 4.79 Å². The smallest absolute Gasteiger partial charge is 0.222 e. The lowest BCUT2D eigenvalue weighted by Gasteiger charge is -2.31. The molecule has 7 nitrogen and oxygen atoms in total. The van der Waals surface area contributed by atoms with Crippen LogP contribution in [0.2, 0.25) is 0 Å². The van der Waals surface area contributed by atoms with Gasteiger partial charge in [-0.05, 0) is 24.5 Å². The number of imidazole rings is 1. The van der Waals surface area contributed by atoms with Crippen LogP contribution in [-0.2, 0) is 23.1 Å². The van der Waals surface area contributed by atoms with Gasteiger partial charge < -0.3 is 19.9 Å². The van der Waals surface area contributed by atoms with Crippen molar-refractivity contribution in [3.63, 3.8) is 0 Å². The summed E-state index contributed by atoms with van der Waals surface area (Å²) in [6.45, 7) is 3.87. The quantitative estimate of drug-likeness (QED) is 0.839. The number of amides is 1. The lowest BCUT2D eigenvalue weighted by atomic mass is 9.93. The van der Waals surface area contributed by atoms with Crippen LogP contribution < -0.4 is 10.6 Å². The maximum atomic E-state index is 11.0. The van der Waals surface area contributed by atoms with Gasteiger partial charge in [0.1, 0.15) is 17.7 Å². The Hall–Kier alpha value is -2.25. The Morgan fingerprint density at radius 2 is 2.28 bits per heavy atom. The van der Waals surface area contributed by atoms with Gasteiger partial charge in [-0.25, -0.2) is 9.97 Å². The van der Waals surface area contributed by atoms with Crippen molar-refractivity contribution in [2.24, 2.45) is 13.0 Å². The number of carbonyl (C=O) groups is 1. The van der Waals surface area contributed by atoms with Crippen molar-refractivity contribution in [1.82, 2.24) is 19.9 Å². The number of anilines is 1. The number of hydrogen-bond donors (Lipinski definition) is 2. The molecule has 2 N–H and O–H groups in total. The van der Waals surface area contributed by atoms with Crippen molar-refractivity contribution in [1.29, 1.82) is 0 Å². The number of aryl methyl sites for hydroxylation is 1. The molecular weight excluding hydrogens is 318 g/mol. The zero-order chi connectivity index (χ0) is 17.6. The first-order valence-electron chi connectivity index (χ1n) is 8.65. The van der Waals surface area contributed by atoms with Crippen LogP contribution in [0.5, 0.6) is 0 Å². The van der Waals surface area contributed by atoms with Gasteiger partial charge in [0.15, 0.2) is 0 Å². The summed E-state index contributed by atoms with van der Waals surface area (Å²) in [5.41, 5.74) is 1.08. The van der Waals surface area contributed by atoms with Crippen LogP contribution in [0.3, 0.4) is 0 Å². The molecule has 0 radical (unpaired) electrons. The number of pyridine rings is 1. The van der Waals surface area contributed by atoms with E-state index >= 15 is 0 Å². The average Bonchev–Trinajstić information content (AvgIpc) is 3.02. The molecule has 0 spiro atoms. The third-order valence-electron chi connectivity index (χ3n) is 4.42. The Labute approximate surface area is 147 Å². The molecule has 2 atom stereocenters. The number of aromatic nitrogens is 3. The molecule has 0 aliphatic carbocycles. The summed E-state index contributed by atoms with van der Waals surface area (Å²) < 4.78 is 8.03. The standard InChI is InChI=1S/C18H25N5O2/c1-13(24)22-16-6-5-14(11-21-16)10-19-12-15-4-3-9-25-17(15)18-20-7-8-23(18)2/h5-8,11,15,17,19H,3-4,9-10,12H2,1-2H3,(H,21,22,24)/t15-,17+/m0/s1. The van der Waals surface area contributed by atoms with E-state index in [0.29, 0.717) is 11.7 Å². The summed E-state index contributed by atoms with van der Waals surface area (Å²) in [7, 11) is 2.01. The maximum Gasteiger partial charge on any atom is 0.222 e. The van der Waals surface area contributed by atoms with Crippen LogP contribution in [0.15, 0.2) is 30.7 Å². The van der Waals surface area contributed by atoms with Gasteiger partial charge in [-0.15, -0.1) is 0 Å². The molecule has 0 saturated carbocycles. The van der Waals surface area contributed by atoms with Crippen molar-refractivity contribution in [2.75, 3.05) is 18.5 Å². The number of carbonyl (C=O) groups excluding carboxylic acids is 1. The van der Waals surface area contributed by atoms with Gasteiger partial charge in [0.05, 0.1) is 0 Å². The summed E-state index contributed by atoms with van der Waals surface area (Å²) in [6, 6.07) is 3.79. The summed E-state index contributed by atoms with van der Waals surface area (Å²) in [4.78, 5) is 19.7. The van der Waals surface area contributed by atoms with Gasteiger partial charge in [0, 0.05) is 58.2 Å². The van der Waals surface area contributed by atoms with E-state index < -0.39 is 0 Å². The molecule has 1 saturated heterocycles. The summed E-state index contributed by atoms with van der Waals surface area (Å²) in [5, 5.41) is 6.17. The topological polar surface area (TPSA) is 81.1 Å². The number of nitrogens with one attached hydrogen (secondary N) is 2. The van der Waals surface area contributed by atoms with Crippen molar-refractivity contribution in [2.45, 2.75) is 32.4 Å². The number of ether oxygens (including phenoxy) is 1. The third kappa shape index (κ3) is 4.64. The van der Waals surface area contributed by atoms with Crippen LogP contribution in [0, 0.1) is 5.92 Å². The fourth-order valence-electron chi connectivity index (χ4n) is 3.17. The molecule has 2 aromatic rings. The fourth-order valence-corrected chi connectivity index (χ4v) is 3.17. The van der Waals surface area contributed by atoms with Crippen LogP contribution in [0.1, 0.15) is 37.3 Å². The number of rotatable bonds is 6. The SMILES string of the molecule is CC(=O)Nc1ccc(CNC[C@@H]2CCCO[C@H]2c2nccn2C)cn1. The van der Waals surface area contributed by atoms with E-state index in [1.54, 1.807) is 6.20 Å². The molecule has 1 aliphatic heterocycles. The monoisotopic (exact) mass is 343 g/mol. The van der Waals surface area contributed by atoms with E-state index in [1.165, 1.54) is 6.92 Å². The number of nitrogens with zero attached hydrogens (tertiary/aromatic N) is 3. The Morgan fingerprint density at radius 3 is 2.96 bits per heavy atom. The molecule has 2 aromatic heterocycles. The first-order chi connectivity index (χ1) is 12.1. The molecule has 134 valence electrons. The first-order valence-corrected chi connectivity index (χ1v) is 8.65. The normalized spacial score (nSPS) is 20.4. The summed E-state index contributed by atoms with van der Waals surface area (Å²) >= 11 is 0. The molecule has 0 unspecified atom stereocenters. The van der Waals surface area contributed by atoms with Gasteiger partial charge in [-0.2, -0.15) is 0 Å². The molecule has 1 aliphatic rings. The average molecular weight is 343 g/mol. The minimum absolute atomic E-state index is 0.0431. The van der Waals surface area contributed by atoms with Gasteiger partial charge in [0.25, 0.3) is 0 Å². The van der Waals surface area contributed by atoms with Crippen molar-refractivity contribution in [3.8, 4) is 0 Å². The second kappa shape index (κ2) is 8.22. The molecular formula is C18H25N5O2. The highest BCUT2D eigenvalue weighted by Gasteiger charge is 2.29. The minimum Gasteiger partial charge on any atom is -0.370 e. The molecule has 3 rings (SSSR count). The second-order valence-electron chi connectivity index (χ2n) is 6.45. The highest BCUT2D eigenvalue weighted by Crippen LogP contribution is 2.32. The minimum atomic E-state index is -0.115. The zero-order valence-electron chi connectivity index (χ0n) is 14.7. The molecule has 1 fully saturated rings. The highest BCUT2D eigenvalue weighted by atomic mass is 16.5. The lowest BCUT2D eigenvalue weighted by Crippen LogP contribution is -2.33. The van der Waals surface area contributed by atoms with E-state index in [2.05, 4.69) is 20.6 Å². The molecule has 7 heteroatoms. The van der Waals surface area contributed by atoms with Crippen LogP contribution in [0.25, 0.3) is 0 Å². The molecule has 25 heavy (non-hydrogen) atoms. The summed E-state index contributed by atoms with van der Waals surface area (Å²) in [6.07, 6.45) is 7.82. The molecule has 3 heterocycles. The second-order valence-corrected chi connectivity index (χ2v) is 6.45. The number of hydrogen-bond acceptors (Lipinski definition) is 5. The molecule has 1 amide bonds. The Balaban J connectivity index is 1.53. The Bertz CT molecular complexity index is 698. The summed E-state index contributed by atoms with van der Waals surface area (Å²) in [5.74, 6) is 1.86. The fraction of sp³-hybridized carbons (Fsp3) is 0.500. The van der Waals surface area contributed by atoms with Gasteiger partial charge in [-0.3, -0.25) is 4.79 Å². The predicted octanol–water partition coefficient (Wildman–Crippen LogP) is 2.03. The first kappa shape index (κ1) is 17.6. The Kier molecular flexibility index (Phi) is 5.78. The van der Waals surface area contributed by atoms with Crippen molar-refractivity contribution < 1.29 is 9.53 Å². The molecule has 0 aromatic carbocycles. The van der Waals surface area contributed by atoms with Crippen LogP contribution >= 0.6 is 0 Å². The zero-order valence-corrected chi connectivity index (χ0v) is 14.7. The van der Waals surface area contributed by atoms with Gasteiger partial charge >= 0.3 is 0 Å². The van der Waals surface area contributed by atoms with Crippen LogP contribution in [0.4, 0.5) is 5.82 Å². The van der Waals surface area contributed by atoms with Crippen LogP contribution in [-0.4, -0.2) is 33.6 Å². The van der Waals surface area contributed by atoms with E-state index in [-0.39, 0.29) is 12.0 Å². The maximum absolute atomic E-state index is 11.0. The van der Waals surface area contributed by atoms with Crippen molar-refractivity contribution in [3.05, 3.63) is 42.1 Å². The predicted molar refractivity (Wildman–Crippen MR) is 94.9 cm³/mol. The highest BCUT2D eigenvalue weighted by molar-refractivity contribution is 5.87. The van der Waals surface area contributed by atoms with Gasteiger partial charge in [-0.1, -0.05) is 6.07 Å². The van der Waals surface area contributed by atoms with Crippen molar-refractivity contribution >= 4 is 11.7 Å².